The minimum Gasteiger partial charge on any atom is -0.385 e. The van der Waals surface area contributed by atoms with Crippen LogP contribution in [0.3, 0.4) is 0 Å². The van der Waals surface area contributed by atoms with Gasteiger partial charge < -0.3 is 15.5 Å². The molecule has 0 saturated carbocycles. The molecular formula is C11H14N2O2. The van der Waals surface area contributed by atoms with Crippen LogP contribution in [0, 0.1) is 11.3 Å². The number of rotatable bonds is 4. The molecular weight excluding hydrogens is 192 g/mol. The lowest BCUT2D eigenvalue weighted by Gasteiger charge is -2.13. The molecule has 4 nitrogen and oxygen atoms in total. The molecule has 0 aliphatic heterocycles. The molecule has 0 aromatic heterocycles. The molecule has 0 fully saturated rings. The van der Waals surface area contributed by atoms with Crippen molar-refractivity contribution in [2.45, 2.75) is 18.8 Å². The van der Waals surface area contributed by atoms with Gasteiger partial charge in [0, 0.05) is 6.54 Å². The van der Waals surface area contributed by atoms with Gasteiger partial charge in [-0.2, -0.15) is 5.26 Å². The molecule has 4 heteroatoms. The Bertz CT molecular complexity index is 360. The number of aliphatic hydroxyl groups is 2. The van der Waals surface area contributed by atoms with E-state index in [1.54, 1.807) is 24.3 Å². The van der Waals surface area contributed by atoms with Gasteiger partial charge in [-0.3, -0.25) is 0 Å². The van der Waals surface area contributed by atoms with Gasteiger partial charge in [-0.25, -0.2) is 0 Å². The van der Waals surface area contributed by atoms with E-state index in [0.29, 0.717) is 12.1 Å². The number of benzene rings is 1. The Morgan fingerprint density at radius 2 is 2.20 bits per heavy atom. The predicted octanol–water partition coefficient (Wildman–Crippen LogP) is 0.324. The first-order valence-corrected chi connectivity index (χ1v) is 4.68. The molecule has 3 N–H and O–H groups in total. The van der Waals surface area contributed by atoms with Gasteiger partial charge in [0.15, 0.2) is 6.10 Å². The standard InChI is InChI=1S/C11H14N2O2/c1-13-7-8-3-2-4-9(5-8)11(15)10(14)6-12/h2-5,10-11,13-15H,7H2,1H3. The summed E-state index contributed by atoms with van der Waals surface area (Å²) in [5.41, 5.74) is 1.55. The topological polar surface area (TPSA) is 76.3 Å². The van der Waals surface area contributed by atoms with Gasteiger partial charge in [-0.05, 0) is 18.2 Å². The largest absolute Gasteiger partial charge is 0.385 e. The third-order valence-corrected chi connectivity index (χ3v) is 2.10. The predicted molar refractivity (Wildman–Crippen MR) is 55.8 cm³/mol. The van der Waals surface area contributed by atoms with Gasteiger partial charge in [0.2, 0.25) is 0 Å². The van der Waals surface area contributed by atoms with Crippen molar-refractivity contribution in [2.24, 2.45) is 0 Å². The van der Waals surface area contributed by atoms with Crippen molar-refractivity contribution in [1.29, 1.82) is 5.26 Å². The quantitative estimate of drug-likeness (QED) is 0.620. The first-order chi connectivity index (χ1) is 7.19. The van der Waals surface area contributed by atoms with Crippen molar-refractivity contribution in [3.63, 3.8) is 0 Å². The molecule has 2 atom stereocenters. The Kier molecular flexibility index (Phi) is 4.25. The van der Waals surface area contributed by atoms with E-state index in [1.807, 2.05) is 13.1 Å². The highest BCUT2D eigenvalue weighted by molar-refractivity contribution is 5.26. The maximum absolute atomic E-state index is 9.59. The first kappa shape index (κ1) is 11.7. The normalized spacial score (nSPS) is 14.3. The van der Waals surface area contributed by atoms with E-state index in [9.17, 15) is 10.2 Å². The zero-order valence-electron chi connectivity index (χ0n) is 8.51. The molecule has 1 aromatic rings. The lowest BCUT2D eigenvalue weighted by molar-refractivity contribution is 0.0527. The number of hydrogen-bond acceptors (Lipinski definition) is 4. The SMILES string of the molecule is CNCc1cccc(C(O)C(O)C#N)c1. The van der Waals surface area contributed by atoms with Crippen LogP contribution in [0.25, 0.3) is 0 Å². The molecule has 0 amide bonds. The van der Waals surface area contributed by atoms with Gasteiger partial charge in [0.1, 0.15) is 6.10 Å². The molecule has 0 radical (unpaired) electrons. The second-order valence-corrected chi connectivity index (χ2v) is 3.29. The smallest absolute Gasteiger partial charge is 0.170 e. The number of aliphatic hydroxyl groups excluding tert-OH is 2. The number of hydrogen-bond donors (Lipinski definition) is 3. The highest BCUT2D eigenvalue weighted by atomic mass is 16.3. The maximum atomic E-state index is 9.59. The number of nitriles is 1. The fraction of sp³-hybridized carbons (Fsp3) is 0.364. The van der Waals surface area contributed by atoms with Crippen LogP contribution < -0.4 is 5.32 Å². The van der Waals surface area contributed by atoms with Crippen molar-refractivity contribution < 1.29 is 10.2 Å². The van der Waals surface area contributed by atoms with E-state index in [1.165, 1.54) is 0 Å². The zero-order valence-corrected chi connectivity index (χ0v) is 8.51. The average molecular weight is 206 g/mol. The van der Waals surface area contributed by atoms with Crippen LogP contribution in [-0.4, -0.2) is 23.4 Å². The summed E-state index contributed by atoms with van der Waals surface area (Å²) < 4.78 is 0. The number of nitrogens with zero attached hydrogens (tertiary/aromatic N) is 1. The van der Waals surface area contributed by atoms with E-state index in [2.05, 4.69) is 5.32 Å². The van der Waals surface area contributed by atoms with Crippen LogP contribution >= 0.6 is 0 Å². The maximum Gasteiger partial charge on any atom is 0.170 e. The Balaban J connectivity index is 2.85. The van der Waals surface area contributed by atoms with Gasteiger partial charge in [0.05, 0.1) is 6.07 Å². The van der Waals surface area contributed by atoms with Crippen LogP contribution in [0.4, 0.5) is 0 Å². The number of nitrogens with one attached hydrogen (secondary N) is 1. The third-order valence-electron chi connectivity index (χ3n) is 2.10. The van der Waals surface area contributed by atoms with E-state index < -0.39 is 12.2 Å². The second-order valence-electron chi connectivity index (χ2n) is 3.29. The summed E-state index contributed by atoms with van der Waals surface area (Å²) >= 11 is 0. The summed E-state index contributed by atoms with van der Waals surface area (Å²) in [4.78, 5) is 0. The molecule has 0 saturated heterocycles. The van der Waals surface area contributed by atoms with Crippen molar-refractivity contribution in [2.75, 3.05) is 7.05 Å². The van der Waals surface area contributed by atoms with Crippen LogP contribution in [-0.2, 0) is 6.54 Å². The van der Waals surface area contributed by atoms with Crippen molar-refractivity contribution >= 4 is 0 Å². The fourth-order valence-corrected chi connectivity index (χ4v) is 1.34. The molecule has 0 bridgehead atoms. The van der Waals surface area contributed by atoms with Crippen molar-refractivity contribution in [3.8, 4) is 6.07 Å². The van der Waals surface area contributed by atoms with Crippen LogP contribution in [0.5, 0.6) is 0 Å². The molecule has 15 heavy (non-hydrogen) atoms. The summed E-state index contributed by atoms with van der Waals surface area (Å²) in [5, 5.41) is 30.2. The molecule has 0 spiro atoms. The highest BCUT2D eigenvalue weighted by Crippen LogP contribution is 2.17. The first-order valence-electron chi connectivity index (χ1n) is 4.68. The summed E-state index contributed by atoms with van der Waals surface area (Å²) in [6, 6.07) is 8.75. The van der Waals surface area contributed by atoms with Crippen LogP contribution in [0.15, 0.2) is 24.3 Å². The van der Waals surface area contributed by atoms with Crippen LogP contribution in [0.2, 0.25) is 0 Å². The Morgan fingerprint density at radius 1 is 1.47 bits per heavy atom. The Labute approximate surface area is 88.8 Å². The van der Waals surface area contributed by atoms with E-state index in [0.717, 1.165) is 5.56 Å². The Hall–Kier alpha value is -1.41. The average Bonchev–Trinajstić information content (AvgIpc) is 2.28. The summed E-state index contributed by atoms with van der Waals surface area (Å²) in [7, 11) is 1.83. The lowest BCUT2D eigenvalue weighted by atomic mass is 10.0. The Morgan fingerprint density at radius 3 is 2.80 bits per heavy atom. The van der Waals surface area contributed by atoms with Gasteiger partial charge in [-0.1, -0.05) is 24.3 Å². The van der Waals surface area contributed by atoms with Crippen LogP contribution in [0.1, 0.15) is 17.2 Å². The monoisotopic (exact) mass is 206 g/mol. The van der Waals surface area contributed by atoms with E-state index in [-0.39, 0.29) is 0 Å². The van der Waals surface area contributed by atoms with E-state index in [4.69, 9.17) is 5.26 Å². The summed E-state index contributed by atoms with van der Waals surface area (Å²) in [5.74, 6) is 0. The lowest BCUT2D eigenvalue weighted by Crippen LogP contribution is -2.16. The minimum atomic E-state index is -1.38. The molecule has 0 aliphatic carbocycles. The molecule has 80 valence electrons. The minimum absolute atomic E-state index is 0.553. The fourth-order valence-electron chi connectivity index (χ4n) is 1.34. The highest BCUT2D eigenvalue weighted by Gasteiger charge is 2.17. The van der Waals surface area contributed by atoms with Gasteiger partial charge in [0.25, 0.3) is 0 Å². The van der Waals surface area contributed by atoms with Gasteiger partial charge in [-0.15, -0.1) is 0 Å². The molecule has 1 rings (SSSR count). The summed E-state index contributed by atoms with van der Waals surface area (Å²) in [6.07, 6.45) is -2.53. The van der Waals surface area contributed by atoms with Crippen molar-refractivity contribution in [3.05, 3.63) is 35.4 Å². The molecule has 2 unspecified atom stereocenters. The van der Waals surface area contributed by atoms with Gasteiger partial charge >= 0.3 is 0 Å². The second kappa shape index (κ2) is 5.47. The van der Waals surface area contributed by atoms with E-state index >= 15 is 0 Å². The van der Waals surface area contributed by atoms with Crippen molar-refractivity contribution in [1.82, 2.24) is 5.32 Å². The zero-order chi connectivity index (χ0) is 11.3. The molecule has 1 aromatic carbocycles. The third kappa shape index (κ3) is 3.03. The molecule has 0 heterocycles. The molecule has 0 aliphatic rings. The summed E-state index contributed by atoms with van der Waals surface area (Å²) in [6.45, 7) is 0.684.